The first-order valence-corrected chi connectivity index (χ1v) is 5.83. The van der Waals surface area contributed by atoms with Gasteiger partial charge in [-0.2, -0.15) is 0 Å². The fourth-order valence-electron chi connectivity index (χ4n) is 2.17. The first kappa shape index (κ1) is 11.3. The van der Waals surface area contributed by atoms with Crippen molar-refractivity contribution in [1.82, 2.24) is 5.32 Å². The van der Waals surface area contributed by atoms with Crippen LogP contribution in [0.1, 0.15) is 6.92 Å². The molecule has 2 rings (SSSR count). The highest BCUT2D eigenvalue weighted by molar-refractivity contribution is 6.34. The maximum atomic E-state index is 5.36. The van der Waals surface area contributed by atoms with Crippen LogP contribution < -0.4 is 20.4 Å². The summed E-state index contributed by atoms with van der Waals surface area (Å²) in [7, 11) is 3.80. The van der Waals surface area contributed by atoms with Crippen molar-refractivity contribution in [3.63, 3.8) is 0 Å². The van der Waals surface area contributed by atoms with E-state index in [1.54, 1.807) is 7.11 Å². The molecule has 1 heterocycles. The van der Waals surface area contributed by atoms with E-state index in [1.165, 1.54) is 11.2 Å². The van der Waals surface area contributed by atoms with Gasteiger partial charge in [-0.3, -0.25) is 0 Å². The van der Waals surface area contributed by atoms with Crippen molar-refractivity contribution in [2.75, 3.05) is 31.6 Å². The third kappa shape index (κ3) is 2.32. The van der Waals surface area contributed by atoms with Crippen LogP contribution in [0.2, 0.25) is 0 Å². The van der Waals surface area contributed by atoms with Crippen LogP contribution in [0.25, 0.3) is 0 Å². The average molecular weight is 218 g/mol. The molecule has 1 fully saturated rings. The van der Waals surface area contributed by atoms with E-state index in [0.29, 0.717) is 6.04 Å². The molecule has 1 N–H and O–H groups in total. The van der Waals surface area contributed by atoms with Crippen molar-refractivity contribution in [3.05, 3.63) is 18.2 Å². The van der Waals surface area contributed by atoms with Gasteiger partial charge in [-0.05, 0) is 18.5 Å². The Morgan fingerprint density at radius 1 is 1.50 bits per heavy atom. The highest BCUT2D eigenvalue weighted by Crippen LogP contribution is 2.20. The Kier molecular flexibility index (Phi) is 3.39. The minimum Gasteiger partial charge on any atom is -0.497 e. The number of piperazine rings is 1. The largest absolute Gasteiger partial charge is 0.497 e. The van der Waals surface area contributed by atoms with E-state index in [0.717, 1.165) is 25.4 Å². The normalized spacial score (nSPS) is 20.9. The van der Waals surface area contributed by atoms with Gasteiger partial charge in [0.2, 0.25) is 0 Å². The Morgan fingerprint density at radius 2 is 2.31 bits per heavy atom. The van der Waals surface area contributed by atoms with Gasteiger partial charge in [-0.15, -0.1) is 0 Å². The maximum Gasteiger partial charge on any atom is 0.144 e. The van der Waals surface area contributed by atoms with Crippen LogP contribution in [0.15, 0.2) is 18.2 Å². The fourth-order valence-corrected chi connectivity index (χ4v) is 2.17. The molecule has 0 saturated carbocycles. The second-order valence-electron chi connectivity index (χ2n) is 4.46. The molecule has 0 spiro atoms. The van der Waals surface area contributed by atoms with Crippen LogP contribution in [0.4, 0.5) is 5.69 Å². The Hall–Kier alpha value is -1.16. The highest BCUT2D eigenvalue weighted by atomic mass is 16.5. The SMILES string of the molecule is Bc1ccc(N2CCN[C@@H](C)C2)cc1OC. The molecule has 0 unspecified atom stereocenters. The standard InChI is InChI=1S/C12H19BN2O/c1-9-8-15(6-5-14-9)10-3-4-11(13)12(7-10)16-2/h3-4,7,9,14H,5-6,8,13H2,1-2H3/t9-/m0/s1. The molecule has 1 aliphatic rings. The van der Waals surface area contributed by atoms with Gasteiger partial charge in [0.1, 0.15) is 13.6 Å². The van der Waals surface area contributed by atoms with Crippen LogP contribution >= 0.6 is 0 Å². The zero-order valence-electron chi connectivity index (χ0n) is 10.3. The number of methoxy groups -OCH3 is 1. The molecule has 1 atom stereocenters. The van der Waals surface area contributed by atoms with Gasteiger partial charge in [-0.1, -0.05) is 6.07 Å². The molecule has 0 aromatic heterocycles. The minimum atomic E-state index is 0.557. The van der Waals surface area contributed by atoms with Crippen molar-refractivity contribution in [2.24, 2.45) is 0 Å². The molecule has 0 aliphatic carbocycles. The summed E-state index contributed by atoms with van der Waals surface area (Å²) in [6, 6.07) is 6.99. The summed E-state index contributed by atoms with van der Waals surface area (Å²) >= 11 is 0. The van der Waals surface area contributed by atoms with Gasteiger partial charge < -0.3 is 15.0 Å². The van der Waals surface area contributed by atoms with Crippen LogP contribution in [0, 0.1) is 0 Å². The molecule has 3 nitrogen and oxygen atoms in total. The summed E-state index contributed by atoms with van der Waals surface area (Å²) in [5.74, 6) is 0.976. The number of hydrogen-bond acceptors (Lipinski definition) is 3. The molecule has 1 aliphatic heterocycles. The van der Waals surface area contributed by atoms with Crippen molar-refractivity contribution in [2.45, 2.75) is 13.0 Å². The molecule has 16 heavy (non-hydrogen) atoms. The van der Waals surface area contributed by atoms with Gasteiger partial charge >= 0.3 is 0 Å². The van der Waals surface area contributed by atoms with Crippen LogP contribution in [0.5, 0.6) is 5.75 Å². The molecule has 4 heteroatoms. The fraction of sp³-hybridized carbons (Fsp3) is 0.500. The van der Waals surface area contributed by atoms with Crippen LogP contribution in [0.3, 0.4) is 0 Å². The lowest BCUT2D eigenvalue weighted by Crippen LogP contribution is -2.49. The Balaban J connectivity index is 2.19. The predicted molar refractivity (Wildman–Crippen MR) is 70.8 cm³/mol. The number of ether oxygens (including phenoxy) is 1. The Morgan fingerprint density at radius 3 is 3.00 bits per heavy atom. The van der Waals surface area contributed by atoms with Crippen molar-refractivity contribution >= 4 is 19.0 Å². The molecule has 86 valence electrons. The topological polar surface area (TPSA) is 24.5 Å². The van der Waals surface area contributed by atoms with Crippen molar-refractivity contribution in [3.8, 4) is 5.75 Å². The van der Waals surface area contributed by atoms with Gasteiger partial charge in [0, 0.05) is 37.4 Å². The minimum absolute atomic E-state index is 0.557. The molecule has 0 bridgehead atoms. The molecule has 0 amide bonds. The highest BCUT2D eigenvalue weighted by Gasteiger charge is 2.16. The van der Waals surface area contributed by atoms with E-state index < -0.39 is 0 Å². The Labute approximate surface area is 98.2 Å². The average Bonchev–Trinajstić information content (AvgIpc) is 2.29. The molecule has 1 aromatic carbocycles. The Bertz CT molecular complexity index is 370. The first-order chi connectivity index (χ1) is 7.70. The summed E-state index contributed by atoms with van der Waals surface area (Å²) in [5, 5.41) is 3.45. The summed E-state index contributed by atoms with van der Waals surface area (Å²) in [5.41, 5.74) is 2.45. The number of hydrogen-bond donors (Lipinski definition) is 1. The van der Waals surface area contributed by atoms with Gasteiger partial charge in [-0.25, -0.2) is 0 Å². The lowest BCUT2D eigenvalue weighted by Gasteiger charge is -2.33. The second-order valence-corrected chi connectivity index (χ2v) is 4.46. The lowest BCUT2D eigenvalue weighted by atomic mass is 9.94. The van der Waals surface area contributed by atoms with E-state index in [1.807, 2.05) is 0 Å². The number of nitrogens with one attached hydrogen (secondary N) is 1. The smallest absolute Gasteiger partial charge is 0.144 e. The van der Waals surface area contributed by atoms with E-state index in [-0.39, 0.29) is 0 Å². The molecule has 1 aromatic rings. The van der Waals surface area contributed by atoms with Crippen molar-refractivity contribution < 1.29 is 4.74 Å². The number of benzene rings is 1. The van der Waals surface area contributed by atoms with Gasteiger partial charge in [0.25, 0.3) is 0 Å². The quantitative estimate of drug-likeness (QED) is 0.693. The lowest BCUT2D eigenvalue weighted by molar-refractivity contribution is 0.417. The second kappa shape index (κ2) is 4.79. The van der Waals surface area contributed by atoms with Gasteiger partial charge in [0.15, 0.2) is 0 Å². The summed E-state index contributed by atoms with van der Waals surface area (Å²) in [4.78, 5) is 2.41. The third-order valence-corrected chi connectivity index (χ3v) is 3.13. The van der Waals surface area contributed by atoms with E-state index in [9.17, 15) is 0 Å². The summed E-state index contributed by atoms with van der Waals surface area (Å²) in [6.45, 7) is 5.40. The zero-order valence-corrected chi connectivity index (χ0v) is 10.3. The molecular formula is C12H19BN2O. The molecule has 0 radical (unpaired) electrons. The van der Waals surface area contributed by atoms with Crippen LogP contribution in [-0.2, 0) is 0 Å². The van der Waals surface area contributed by atoms with E-state index in [4.69, 9.17) is 4.74 Å². The molecular weight excluding hydrogens is 199 g/mol. The van der Waals surface area contributed by atoms with E-state index in [2.05, 4.69) is 43.2 Å². The number of rotatable bonds is 2. The van der Waals surface area contributed by atoms with E-state index >= 15 is 0 Å². The zero-order chi connectivity index (χ0) is 11.5. The third-order valence-electron chi connectivity index (χ3n) is 3.13. The van der Waals surface area contributed by atoms with Gasteiger partial charge in [0.05, 0.1) is 7.11 Å². The maximum absolute atomic E-state index is 5.36. The summed E-state index contributed by atoms with van der Waals surface area (Å²) in [6.07, 6.45) is 0. The number of anilines is 1. The first-order valence-electron chi connectivity index (χ1n) is 5.83. The van der Waals surface area contributed by atoms with Crippen LogP contribution in [-0.4, -0.2) is 40.6 Å². The predicted octanol–water partition coefficient (Wildman–Crippen LogP) is -0.248. The molecule has 1 saturated heterocycles. The summed E-state index contributed by atoms with van der Waals surface area (Å²) < 4.78 is 5.36. The monoisotopic (exact) mass is 218 g/mol. The van der Waals surface area contributed by atoms with Crippen molar-refractivity contribution in [1.29, 1.82) is 0 Å². The number of nitrogens with zero attached hydrogens (tertiary/aromatic N) is 1.